The number of rotatable bonds is 2. The molecule has 5 heteroatoms. The van der Waals surface area contributed by atoms with Crippen LogP contribution in [0.3, 0.4) is 0 Å². The maximum atomic E-state index is 10.7. The lowest BCUT2D eigenvalue weighted by molar-refractivity contribution is 0.111. The molecule has 0 saturated carbocycles. The number of aldehydes is 1. The lowest BCUT2D eigenvalue weighted by Crippen LogP contribution is -2.00. The average molecular weight is 333 g/mol. The minimum Gasteiger partial charge on any atom is -0.296 e. The van der Waals surface area contributed by atoms with Crippen molar-refractivity contribution < 1.29 is 4.79 Å². The van der Waals surface area contributed by atoms with E-state index in [2.05, 4.69) is 27.6 Å². The fourth-order valence-corrected chi connectivity index (χ4v) is 1.99. The molecule has 1 aromatic heterocycles. The molecule has 3 nitrogen and oxygen atoms in total. The van der Waals surface area contributed by atoms with Gasteiger partial charge in [-0.3, -0.25) is 9.36 Å². The summed E-state index contributed by atoms with van der Waals surface area (Å²) >= 11 is 8.29. The Morgan fingerprint density at radius 2 is 2.27 bits per heavy atom. The van der Waals surface area contributed by atoms with Crippen LogP contribution in [-0.4, -0.2) is 15.8 Å². The molecule has 0 spiro atoms. The minimum atomic E-state index is 0.346. The van der Waals surface area contributed by atoms with Crippen LogP contribution in [0.15, 0.2) is 30.6 Å². The Morgan fingerprint density at radius 3 is 3.00 bits per heavy atom. The van der Waals surface area contributed by atoms with Crippen molar-refractivity contribution in [1.82, 2.24) is 9.55 Å². The molecular weight excluding hydrogens is 326 g/mol. The van der Waals surface area contributed by atoms with Crippen molar-refractivity contribution in [1.29, 1.82) is 0 Å². The molecule has 2 rings (SSSR count). The Labute approximate surface area is 105 Å². The topological polar surface area (TPSA) is 34.9 Å². The Kier molecular flexibility index (Phi) is 3.06. The molecule has 0 atom stereocenters. The second-order valence-electron chi connectivity index (χ2n) is 2.85. The highest BCUT2D eigenvalue weighted by atomic mass is 127. The van der Waals surface area contributed by atoms with E-state index in [1.807, 2.05) is 18.2 Å². The summed E-state index contributed by atoms with van der Waals surface area (Å²) < 4.78 is 2.61. The lowest BCUT2D eigenvalue weighted by Gasteiger charge is -2.07. The molecule has 0 fully saturated rings. The van der Waals surface area contributed by atoms with Crippen molar-refractivity contribution in [3.63, 3.8) is 0 Å². The third-order valence-electron chi connectivity index (χ3n) is 1.97. The molecule has 0 aliphatic carbocycles. The van der Waals surface area contributed by atoms with Crippen LogP contribution in [0.4, 0.5) is 0 Å². The van der Waals surface area contributed by atoms with E-state index in [4.69, 9.17) is 11.6 Å². The zero-order valence-corrected chi connectivity index (χ0v) is 10.4. The number of hydrogen-bond acceptors (Lipinski definition) is 2. The SMILES string of the molecule is O=Cc1nccn1-c1cccc(I)c1Cl. The first-order valence-electron chi connectivity index (χ1n) is 4.17. The van der Waals surface area contributed by atoms with Crippen molar-refractivity contribution in [3.05, 3.63) is 45.0 Å². The van der Waals surface area contributed by atoms with E-state index in [0.29, 0.717) is 17.1 Å². The molecule has 0 aliphatic heterocycles. The molecule has 1 aromatic carbocycles. The molecule has 2 aromatic rings. The zero-order chi connectivity index (χ0) is 10.8. The first-order chi connectivity index (χ1) is 7.24. The summed E-state index contributed by atoms with van der Waals surface area (Å²) in [6.07, 6.45) is 3.98. The van der Waals surface area contributed by atoms with Crippen LogP contribution in [0, 0.1) is 3.57 Å². The van der Waals surface area contributed by atoms with Crippen LogP contribution in [-0.2, 0) is 0 Å². The summed E-state index contributed by atoms with van der Waals surface area (Å²) in [7, 11) is 0. The molecule has 1 heterocycles. The highest BCUT2D eigenvalue weighted by Crippen LogP contribution is 2.26. The molecule has 0 N–H and O–H groups in total. The molecule has 76 valence electrons. The average Bonchev–Trinajstić information content (AvgIpc) is 2.70. The lowest BCUT2D eigenvalue weighted by atomic mass is 10.3. The number of benzene rings is 1. The largest absolute Gasteiger partial charge is 0.296 e. The quantitative estimate of drug-likeness (QED) is 0.626. The highest BCUT2D eigenvalue weighted by Gasteiger charge is 2.09. The van der Waals surface area contributed by atoms with Gasteiger partial charge in [-0.25, -0.2) is 4.98 Å². The van der Waals surface area contributed by atoms with Crippen molar-refractivity contribution >= 4 is 40.5 Å². The van der Waals surface area contributed by atoms with Crippen LogP contribution in [0.1, 0.15) is 10.6 Å². The van der Waals surface area contributed by atoms with E-state index in [0.717, 1.165) is 9.26 Å². The van der Waals surface area contributed by atoms with Crippen LogP contribution in [0.2, 0.25) is 5.02 Å². The molecule has 0 radical (unpaired) electrons. The number of carbonyl (C=O) groups excluding carboxylic acids is 1. The predicted octanol–water partition coefficient (Wildman–Crippen LogP) is 2.94. The van der Waals surface area contributed by atoms with Crippen LogP contribution >= 0.6 is 34.2 Å². The van der Waals surface area contributed by atoms with Gasteiger partial charge >= 0.3 is 0 Å². The summed E-state index contributed by atoms with van der Waals surface area (Å²) in [4.78, 5) is 14.6. The van der Waals surface area contributed by atoms with Crippen molar-refractivity contribution in [2.24, 2.45) is 0 Å². The Morgan fingerprint density at radius 1 is 1.47 bits per heavy atom. The number of carbonyl (C=O) groups is 1. The maximum absolute atomic E-state index is 10.7. The van der Waals surface area contributed by atoms with Gasteiger partial charge in [0, 0.05) is 16.0 Å². The molecule has 0 aliphatic rings. The Bertz CT molecular complexity index is 510. The second-order valence-corrected chi connectivity index (χ2v) is 4.39. The Balaban J connectivity index is 2.64. The molecule has 0 unspecified atom stereocenters. The van der Waals surface area contributed by atoms with Gasteiger partial charge in [-0.2, -0.15) is 0 Å². The molecule has 0 saturated heterocycles. The summed E-state index contributed by atoms with van der Waals surface area (Å²) in [6.45, 7) is 0. The van der Waals surface area contributed by atoms with Gasteiger partial charge in [0.05, 0.1) is 10.7 Å². The van der Waals surface area contributed by atoms with E-state index in [9.17, 15) is 4.79 Å². The van der Waals surface area contributed by atoms with Gasteiger partial charge in [0.25, 0.3) is 0 Å². The normalized spacial score (nSPS) is 10.3. The van der Waals surface area contributed by atoms with Crippen molar-refractivity contribution in [2.75, 3.05) is 0 Å². The van der Waals surface area contributed by atoms with Crippen molar-refractivity contribution in [3.8, 4) is 5.69 Å². The summed E-state index contributed by atoms with van der Waals surface area (Å²) in [6, 6.07) is 5.64. The van der Waals surface area contributed by atoms with Crippen LogP contribution in [0.5, 0.6) is 0 Å². The Hall–Kier alpha value is -0.880. The number of aromatic nitrogens is 2. The number of imidazole rings is 1. The van der Waals surface area contributed by atoms with E-state index < -0.39 is 0 Å². The van der Waals surface area contributed by atoms with Gasteiger partial charge in [0.2, 0.25) is 0 Å². The first kappa shape index (κ1) is 10.6. The number of halogens is 2. The van der Waals surface area contributed by atoms with E-state index in [1.165, 1.54) is 0 Å². The van der Waals surface area contributed by atoms with E-state index in [1.54, 1.807) is 17.0 Å². The summed E-state index contributed by atoms with van der Waals surface area (Å²) in [5, 5.41) is 0.624. The molecule has 0 amide bonds. The first-order valence-corrected chi connectivity index (χ1v) is 5.62. The van der Waals surface area contributed by atoms with Gasteiger partial charge in [0.1, 0.15) is 0 Å². The molecular formula is C10H6ClIN2O. The fourth-order valence-electron chi connectivity index (χ4n) is 1.28. The maximum Gasteiger partial charge on any atom is 0.185 e. The highest BCUT2D eigenvalue weighted by molar-refractivity contribution is 14.1. The number of hydrogen-bond donors (Lipinski definition) is 0. The second kappa shape index (κ2) is 4.32. The van der Waals surface area contributed by atoms with Crippen LogP contribution in [0.25, 0.3) is 5.69 Å². The van der Waals surface area contributed by atoms with Gasteiger partial charge in [-0.15, -0.1) is 0 Å². The third-order valence-corrected chi connectivity index (χ3v) is 3.58. The molecule has 0 bridgehead atoms. The van der Waals surface area contributed by atoms with Crippen LogP contribution < -0.4 is 0 Å². The van der Waals surface area contributed by atoms with Gasteiger partial charge < -0.3 is 0 Å². The number of nitrogens with zero attached hydrogens (tertiary/aromatic N) is 2. The smallest absolute Gasteiger partial charge is 0.185 e. The van der Waals surface area contributed by atoms with Crippen molar-refractivity contribution in [2.45, 2.75) is 0 Å². The van der Waals surface area contributed by atoms with Gasteiger partial charge in [-0.05, 0) is 34.7 Å². The zero-order valence-electron chi connectivity index (χ0n) is 7.52. The van der Waals surface area contributed by atoms with E-state index >= 15 is 0 Å². The predicted molar refractivity (Wildman–Crippen MR) is 66.7 cm³/mol. The summed E-state index contributed by atoms with van der Waals surface area (Å²) in [5.41, 5.74) is 0.767. The standard InChI is InChI=1S/C10H6ClIN2O/c11-10-7(12)2-1-3-8(10)14-5-4-13-9(14)6-15/h1-6H. The molecule has 15 heavy (non-hydrogen) atoms. The van der Waals surface area contributed by atoms with Gasteiger partial charge in [0.15, 0.2) is 12.1 Å². The summed E-state index contributed by atoms with van der Waals surface area (Å²) in [5.74, 6) is 0.346. The third kappa shape index (κ3) is 1.91. The van der Waals surface area contributed by atoms with Gasteiger partial charge in [-0.1, -0.05) is 17.7 Å². The monoisotopic (exact) mass is 332 g/mol. The fraction of sp³-hybridized carbons (Fsp3) is 0. The minimum absolute atomic E-state index is 0.346. The van der Waals surface area contributed by atoms with E-state index in [-0.39, 0.29) is 0 Å².